The molecule has 0 heterocycles. The summed E-state index contributed by atoms with van der Waals surface area (Å²) in [6, 6.07) is 24.2. The molecule has 0 aromatic heterocycles. The van der Waals surface area contributed by atoms with E-state index in [-0.39, 0.29) is 5.56 Å². The molecule has 0 saturated carbocycles. The zero-order chi connectivity index (χ0) is 20.1. The monoisotopic (exact) mass is 373 g/mol. The van der Waals surface area contributed by atoms with E-state index in [9.17, 15) is 10.1 Å². The van der Waals surface area contributed by atoms with Crippen molar-refractivity contribution in [2.45, 2.75) is 25.6 Å². The maximum Gasteiger partial charge on any atom is 0.364 e. The number of esters is 1. The van der Waals surface area contributed by atoms with E-state index in [1.165, 1.54) is 18.2 Å². The summed E-state index contributed by atoms with van der Waals surface area (Å²) in [5, 5.41) is 9.44. The van der Waals surface area contributed by atoms with Gasteiger partial charge in [0.1, 0.15) is 6.07 Å². The molecule has 0 bridgehead atoms. The van der Waals surface area contributed by atoms with Crippen molar-refractivity contribution >= 4 is 5.97 Å². The van der Waals surface area contributed by atoms with E-state index in [2.05, 4.69) is 0 Å². The third-order valence-corrected chi connectivity index (χ3v) is 4.59. The lowest BCUT2D eigenvalue weighted by atomic mass is 9.95. The topological polar surface area (TPSA) is 50.1 Å². The predicted octanol–water partition coefficient (Wildman–Crippen LogP) is 5.32. The number of halogens is 1. The molecule has 0 spiro atoms. The molecule has 4 heteroatoms. The number of hydrogen-bond acceptors (Lipinski definition) is 3. The third-order valence-electron chi connectivity index (χ3n) is 4.59. The first kappa shape index (κ1) is 19.3. The van der Waals surface area contributed by atoms with Crippen LogP contribution in [0.2, 0.25) is 0 Å². The fraction of sp³-hybridized carbons (Fsp3) is 0.167. The normalized spacial score (nSPS) is 13.8. The molecule has 2 atom stereocenters. The summed E-state index contributed by atoms with van der Waals surface area (Å²) < 4.78 is 21.0. The van der Waals surface area contributed by atoms with Gasteiger partial charge in [-0.2, -0.15) is 5.26 Å². The minimum atomic E-state index is -2.88. The number of nitriles is 1. The van der Waals surface area contributed by atoms with E-state index in [1.807, 2.05) is 56.3 Å². The highest BCUT2D eigenvalue weighted by Crippen LogP contribution is 2.33. The average Bonchev–Trinajstić information content (AvgIpc) is 2.73. The maximum absolute atomic E-state index is 15.4. The second kappa shape index (κ2) is 8.06. The van der Waals surface area contributed by atoms with Crippen molar-refractivity contribution in [1.82, 2.24) is 0 Å². The van der Waals surface area contributed by atoms with Crippen LogP contribution < -0.4 is 0 Å². The van der Waals surface area contributed by atoms with Crippen molar-refractivity contribution in [2.24, 2.45) is 0 Å². The van der Waals surface area contributed by atoms with Crippen LogP contribution >= 0.6 is 0 Å². The van der Waals surface area contributed by atoms with Gasteiger partial charge < -0.3 is 4.74 Å². The fourth-order valence-electron chi connectivity index (χ4n) is 2.90. The highest BCUT2D eigenvalue weighted by molar-refractivity contribution is 5.85. The number of alkyl halides is 1. The molecule has 0 aliphatic rings. The summed E-state index contributed by atoms with van der Waals surface area (Å²) in [7, 11) is 0. The minimum Gasteiger partial charge on any atom is -0.449 e. The van der Waals surface area contributed by atoms with Crippen LogP contribution in [0.4, 0.5) is 4.39 Å². The molecule has 0 N–H and O–H groups in total. The van der Waals surface area contributed by atoms with Gasteiger partial charge in [-0.05, 0) is 25.0 Å². The largest absolute Gasteiger partial charge is 0.449 e. The van der Waals surface area contributed by atoms with Crippen molar-refractivity contribution in [3.8, 4) is 6.07 Å². The number of carbonyl (C=O) groups excluding carboxylic acids is 1. The van der Waals surface area contributed by atoms with Crippen LogP contribution in [0.5, 0.6) is 0 Å². The Hall–Kier alpha value is -3.45. The fourth-order valence-corrected chi connectivity index (χ4v) is 2.90. The van der Waals surface area contributed by atoms with Crippen molar-refractivity contribution in [3.05, 3.63) is 107 Å². The van der Waals surface area contributed by atoms with Gasteiger partial charge in [0.05, 0.1) is 0 Å². The highest BCUT2D eigenvalue weighted by Gasteiger charge is 2.44. The van der Waals surface area contributed by atoms with Crippen molar-refractivity contribution < 1.29 is 13.9 Å². The summed E-state index contributed by atoms with van der Waals surface area (Å²) in [5.74, 6) is -1.23. The summed E-state index contributed by atoms with van der Waals surface area (Å²) >= 11 is 0. The van der Waals surface area contributed by atoms with Crippen molar-refractivity contribution in [2.75, 3.05) is 0 Å². The first-order valence-electron chi connectivity index (χ1n) is 8.94. The van der Waals surface area contributed by atoms with Gasteiger partial charge in [0.25, 0.3) is 0 Å². The smallest absolute Gasteiger partial charge is 0.364 e. The maximum atomic E-state index is 15.4. The summed E-state index contributed by atoms with van der Waals surface area (Å²) in [5.41, 5.74) is 0.433. The van der Waals surface area contributed by atoms with E-state index >= 15 is 4.39 Å². The number of rotatable bonds is 5. The lowest BCUT2D eigenvalue weighted by Crippen LogP contribution is -2.32. The van der Waals surface area contributed by atoms with Gasteiger partial charge in [0.15, 0.2) is 6.10 Å². The molecule has 3 nitrogen and oxygen atoms in total. The lowest BCUT2D eigenvalue weighted by Gasteiger charge is -2.23. The summed E-state index contributed by atoms with van der Waals surface area (Å²) in [6.07, 6.45) is -0.816. The summed E-state index contributed by atoms with van der Waals surface area (Å²) in [4.78, 5) is 12.8. The predicted molar refractivity (Wildman–Crippen MR) is 105 cm³/mol. The van der Waals surface area contributed by atoms with Gasteiger partial charge in [0.2, 0.25) is 0 Å². The molecule has 0 radical (unpaired) electrons. The molecule has 0 aliphatic carbocycles. The van der Waals surface area contributed by atoms with Gasteiger partial charge in [-0.15, -0.1) is 0 Å². The molecule has 0 aliphatic heterocycles. The molecule has 28 heavy (non-hydrogen) atoms. The SMILES string of the molecule is Cc1ccc([C@@H](OC(=O)[C@](F)(C#N)c2ccc(C)cc2)c2ccccc2)cc1. The molecule has 0 unspecified atom stereocenters. The van der Waals surface area contributed by atoms with Crippen LogP contribution in [-0.2, 0) is 15.2 Å². The second-order valence-electron chi connectivity index (χ2n) is 6.74. The van der Waals surface area contributed by atoms with Crippen LogP contribution in [0, 0.1) is 25.2 Å². The first-order chi connectivity index (χ1) is 13.4. The van der Waals surface area contributed by atoms with Crippen molar-refractivity contribution in [3.63, 3.8) is 0 Å². The Kier molecular flexibility index (Phi) is 5.56. The average molecular weight is 373 g/mol. The third kappa shape index (κ3) is 3.94. The van der Waals surface area contributed by atoms with Gasteiger partial charge in [-0.25, -0.2) is 9.18 Å². The molecule has 0 amide bonds. The quantitative estimate of drug-likeness (QED) is 0.568. The zero-order valence-electron chi connectivity index (χ0n) is 15.7. The second-order valence-corrected chi connectivity index (χ2v) is 6.74. The Morgan fingerprint density at radius 3 is 1.93 bits per heavy atom. The molecule has 140 valence electrons. The standard InChI is InChI=1S/C24H20FNO2/c1-17-8-12-20(13-9-17)22(19-6-4-3-5-7-19)28-23(27)24(25,16-26)21-14-10-18(2)11-15-21/h3-15,22H,1-2H3/t22-,24-/m0/s1. The van der Waals surface area contributed by atoms with Crippen LogP contribution in [0.15, 0.2) is 78.9 Å². The Balaban J connectivity index is 1.97. The Bertz CT molecular complexity index is 992. The number of nitrogens with zero attached hydrogens (tertiary/aromatic N) is 1. The van der Waals surface area contributed by atoms with Crippen LogP contribution in [-0.4, -0.2) is 5.97 Å². The van der Waals surface area contributed by atoms with Crippen molar-refractivity contribution in [1.29, 1.82) is 5.26 Å². The van der Waals surface area contributed by atoms with E-state index in [0.29, 0.717) is 11.1 Å². The molecule has 0 fully saturated rings. The summed E-state index contributed by atoms with van der Waals surface area (Å²) in [6.45, 7) is 3.80. The van der Waals surface area contributed by atoms with E-state index < -0.39 is 17.7 Å². The van der Waals surface area contributed by atoms with Crippen LogP contribution in [0.3, 0.4) is 0 Å². The van der Waals surface area contributed by atoms with E-state index in [4.69, 9.17) is 4.74 Å². The molecule has 3 rings (SSSR count). The molecule has 0 saturated heterocycles. The number of ether oxygens (including phenoxy) is 1. The van der Waals surface area contributed by atoms with Gasteiger partial charge >= 0.3 is 11.6 Å². The first-order valence-corrected chi connectivity index (χ1v) is 8.94. The van der Waals surface area contributed by atoms with Gasteiger partial charge in [0, 0.05) is 5.56 Å². The van der Waals surface area contributed by atoms with Crippen LogP contribution in [0.1, 0.15) is 33.9 Å². The molecular formula is C24H20FNO2. The number of carbonyl (C=O) groups is 1. The van der Waals surface area contributed by atoms with E-state index in [0.717, 1.165) is 11.1 Å². The Morgan fingerprint density at radius 1 is 0.893 bits per heavy atom. The van der Waals surface area contributed by atoms with Gasteiger partial charge in [-0.1, -0.05) is 90.0 Å². The lowest BCUT2D eigenvalue weighted by molar-refractivity contribution is -0.158. The van der Waals surface area contributed by atoms with E-state index in [1.54, 1.807) is 24.3 Å². The van der Waals surface area contributed by atoms with Crippen LogP contribution in [0.25, 0.3) is 0 Å². The number of aryl methyl sites for hydroxylation is 2. The minimum absolute atomic E-state index is 0.0404. The van der Waals surface area contributed by atoms with Gasteiger partial charge in [-0.3, -0.25) is 0 Å². The molecule has 3 aromatic rings. The zero-order valence-corrected chi connectivity index (χ0v) is 15.7. The molecule has 3 aromatic carbocycles. The highest BCUT2D eigenvalue weighted by atomic mass is 19.1. The number of hydrogen-bond donors (Lipinski definition) is 0. The molecular weight excluding hydrogens is 353 g/mol. The number of benzene rings is 3. The Labute approximate surface area is 164 Å². The Morgan fingerprint density at radius 2 is 1.39 bits per heavy atom.